The molecule has 0 spiro atoms. The predicted molar refractivity (Wildman–Crippen MR) is 136 cm³/mol. The molecule has 0 fully saturated rings. The van der Waals surface area contributed by atoms with E-state index >= 15 is 0 Å². The molecule has 0 saturated heterocycles. The minimum Gasteiger partial charge on any atom is -0.481 e. The summed E-state index contributed by atoms with van der Waals surface area (Å²) >= 11 is 0. The lowest BCUT2D eigenvalue weighted by atomic mass is 10.1. The fourth-order valence-electron chi connectivity index (χ4n) is 3.52. The molecule has 1 unspecified atom stereocenters. The molecule has 2 amide bonds. The highest BCUT2D eigenvalue weighted by Gasteiger charge is 2.15. The van der Waals surface area contributed by atoms with Crippen molar-refractivity contribution in [2.45, 2.75) is 19.4 Å². The number of carbonyl (C=O) groups is 2. The van der Waals surface area contributed by atoms with Gasteiger partial charge in [0.25, 0.3) is 5.91 Å². The van der Waals surface area contributed by atoms with E-state index < -0.39 is 6.10 Å². The Hall–Kier alpha value is -4.38. The molecular weight excluding hydrogens is 424 g/mol. The van der Waals surface area contributed by atoms with Crippen molar-refractivity contribution < 1.29 is 14.3 Å². The van der Waals surface area contributed by atoms with Gasteiger partial charge in [0.2, 0.25) is 5.91 Å². The van der Waals surface area contributed by atoms with Crippen LogP contribution >= 0.6 is 0 Å². The maximum absolute atomic E-state index is 12.7. The molecule has 4 aromatic carbocycles. The van der Waals surface area contributed by atoms with Gasteiger partial charge in [0.1, 0.15) is 5.75 Å². The van der Waals surface area contributed by atoms with E-state index in [9.17, 15) is 9.59 Å². The molecule has 0 saturated carbocycles. The number of hydrogen-bond acceptors (Lipinski definition) is 3. The van der Waals surface area contributed by atoms with Gasteiger partial charge in [-0.25, -0.2) is 0 Å². The predicted octanol–water partition coefficient (Wildman–Crippen LogP) is 5.94. The zero-order valence-electron chi connectivity index (χ0n) is 18.9. The number of ether oxygens (including phenoxy) is 1. The van der Waals surface area contributed by atoms with Crippen LogP contribution in [-0.2, 0) is 16.0 Å². The molecule has 2 N–H and O–H groups in total. The largest absolute Gasteiger partial charge is 0.481 e. The van der Waals surface area contributed by atoms with Crippen LogP contribution < -0.4 is 15.4 Å². The van der Waals surface area contributed by atoms with Crippen LogP contribution in [0.15, 0.2) is 109 Å². The van der Waals surface area contributed by atoms with Gasteiger partial charge in [-0.05, 0) is 53.9 Å². The summed E-state index contributed by atoms with van der Waals surface area (Å²) in [6.07, 6.45) is -0.412. The summed E-state index contributed by atoms with van der Waals surface area (Å²) in [5, 5.41) is 5.72. The lowest BCUT2D eigenvalue weighted by Gasteiger charge is -2.16. The van der Waals surface area contributed by atoms with E-state index in [4.69, 9.17) is 4.74 Å². The summed E-state index contributed by atoms with van der Waals surface area (Å²) < 4.78 is 5.82. The quantitative estimate of drug-likeness (QED) is 0.349. The van der Waals surface area contributed by atoms with Crippen molar-refractivity contribution in [3.63, 3.8) is 0 Å². The molecule has 0 aliphatic heterocycles. The first-order valence-electron chi connectivity index (χ1n) is 11.1. The van der Waals surface area contributed by atoms with Crippen LogP contribution in [-0.4, -0.2) is 17.9 Å². The maximum Gasteiger partial charge on any atom is 0.265 e. The van der Waals surface area contributed by atoms with E-state index in [-0.39, 0.29) is 18.2 Å². The molecule has 5 heteroatoms. The van der Waals surface area contributed by atoms with E-state index in [2.05, 4.69) is 10.6 Å². The standard InChI is InChI=1S/C29H26N2O3/c1-21(34-27-17-15-24(16-18-27)23-11-6-3-7-12-23)29(33)31-26-14-8-13-25(20-26)30-28(32)19-22-9-4-2-5-10-22/h2-18,20-21H,19H2,1H3,(H,30,32)(H,31,33). The van der Waals surface area contributed by atoms with Crippen LogP contribution in [0.5, 0.6) is 5.75 Å². The summed E-state index contributed by atoms with van der Waals surface area (Å²) in [5.41, 5.74) is 4.33. The fraction of sp³-hybridized carbons (Fsp3) is 0.103. The van der Waals surface area contributed by atoms with Gasteiger partial charge in [-0.15, -0.1) is 0 Å². The van der Waals surface area contributed by atoms with Crippen molar-refractivity contribution in [3.05, 3.63) is 115 Å². The second-order valence-corrected chi connectivity index (χ2v) is 7.93. The minimum atomic E-state index is -0.695. The number of carbonyl (C=O) groups excluding carboxylic acids is 2. The maximum atomic E-state index is 12.7. The van der Waals surface area contributed by atoms with E-state index in [0.717, 1.165) is 16.7 Å². The van der Waals surface area contributed by atoms with E-state index in [0.29, 0.717) is 17.1 Å². The van der Waals surface area contributed by atoms with Crippen molar-refractivity contribution in [1.82, 2.24) is 0 Å². The highest BCUT2D eigenvalue weighted by atomic mass is 16.5. The molecule has 1 atom stereocenters. The van der Waals surface area contributed by atoms with Crippen LogP contribution in [0.4, 0.5) is 11.4 Å². The molecule has 0 aromatic heterocycles. The molecule has 5 nitrogen and oxygen atoms in total. The average Bonchev–Trinajstić information content (AvgIpc) is 2.86. The first kappa shape index (κ1) is 22.8. The van der Waals surface area contributed by atoms with E-state index in [1.165, 1.54) is 0 Å². The second-order valence-electron chi connectivity index (χ2n) is 7.93. The van der Waals surface area contributed by atoms with E-state index in [1.54, 1.807) is 31.2 Å². The minimum absolute atomic E-state index is 0.120. The van der Waals surface area contributed by atoms with Crippen molar-refractivity contribution >= 4 is 23.2 Å². The van der Waals surface area contributed by atoms with Gasteiger partial charge in [-0.2, -0.15) is 0 Å². The Bertz CT molecular complexity index is 1240. The van der Waals surface area contributed by atoms with Gasteiger partial charge in [-0.1, -0.05) is 78.9 Å². The molecular formula is C29H26N2O3. The molecule has 4 rings (SSSR count). The average molecular weight is 451 g/mol. The summed E-state index contributed by atoms with van der Waals surface area (Å²) in [5.74, 6) is 0.217. The van der Waals surface area contributed by atoms with Gasteiger partial charge in [0.15, 0.2) is 6.10 Å². The molecule has 0 bridgehead atoms. The number of rotatable bonds is 8. The lowest BCUT2D eigenvalue weighted by molar-refractivity contribution is -0.122. The number of amides is 2. The van der Waals surface area contributed by atoms with E-state index in [1.807, 2.05) is 84.9 Å². The SMILES string of the molecule is CC(Oc1ccc(-c2ccccc2)cc1)C(=O)Nc1cccc(NC(=O)Cc2ccccc2)c1. The fourth-order valence-corrected chi connectivity index (χ4v) is 3.52. The Labute approximate surface area is 199 Å². The number of anilines is 2. The molecule has 4 aromatic rings. The van der Waals surface area contributed by atoms with Crippen molar-refractivity contribution in [1.29, 1.82) is 0 Å². The molecule has 0 aliphatic rings. The monoisotopic (exact) mass is 450 g/mol. The van der Waals surface area contributed by atoms with Gasteiger partial charge in [-0.3, -0.25) is 9.59 Å². The number of hydrogen-bond donors (Lipinski definition) is 2. The molecule has 34 heavy (non-hydrogen) atoms. The van der Waals surface area contributed by atoms with Crippen molar-refractivity contribution in [2.75, 3.05) is 10.6 Å². The lowest BCUT2D eigenvalue weighted by Crippen LogP contribution is -2.30. The summed E-state index contributed by atoms with van der Waals surface area (Å²) in [6, 6.07) is 34.3. The van der Waals surface area contributed by atoms with Crippen LogP contribution in [0.2, 0.25) is 0 Å². The number of nitrogens with one attached hydrogen (secondary N) is 2. The smallest absolute Gasteiger partial charge is 0.265 e. The molecule has 0 aliphatic carbocycles. The molecule has 170 valence electrons. The van der Waals surface area contributed by atoms with Crippen molar-refractivity contribution in [2.24, 2.45) is 0 Å². The van der Waals surface area contributed by atoms with Gasteiger partial charge >= 0.3 is 0 Å². The zero-order chi connectivity index (χ0) is 23.8. The zero-order valence-corrected chi connectivity index (χ0v) is 18.9. The normalized spacial score (nSPS) is 11.3. The van der Waals surface area contributed by atoms with Gasteiger partial charge in [0.05, 0.1) is 6.42 Å². The van der Waals surface area contributed by atoms with Gasteiger partial charge in [0, 0.05) is 11.4 Å². The third-order valence-corrected chi connectivity index (χ3v) is 5.26. The highest BCUT2D eigenvalue weighted by molar-refractivity contribution is 5.96. The second kappa shape index (κ2) is 11.0. The third-order valence-electron chi connectivity index (χ3n) is 5.26. The topological polar surface area (TPSA) is 67.4 Å². The molecule has 0 radical (unpaired) electrons. The molecule has 0 heterocycles. The Morgan fingerprint density at radius 1 is 0.706 bits per heavy atom. The summed E-state index contributed by atoms with van der Waals surface area (Å²) in [4.78, 5) is 25.0. The Balaban J connectivity index is 1.32. The van der Waals surface area contributed by atoms with Crippen LogP contribution in [0.1, 0.15) is 12.5 Å². The summed E-state index contributed by atoms with van der Waals surface area (Å²) in [7, 11) is 0. The van der Waals surface area contributed by atoms with Crippen LogP contribution in [0, 0.1) is 0 Å². The van der Waals surface area contributed by atoms with Crippen LogP contribution in [0.25, 0.3) is 11.1 Å². The Kier molecular flexibility index (Phi) is 7.35. The summed E-state index contributed by atoms with van der Waals surface area (Å²) in [6.45, 7) is 1.70. The third kappa shape index (κ3) is 6.33. The Morgan fingerprint density at radius 3 is 1.97 bits per heavy atom. The first-order chi connectivity index (χ1) is 16.6. The number of benzene rings is 4. The van der Waals surface area contributed by atoms with Crippen molar-refractivity contribution in [3.8, 4) is 16.9 Å². The Morgan fingerprint density at radius 2 is 1.29 bits per heavy atom. The first-order valence-corrected chi connectivity index (χ1v) is 11.1. The highest BCUT2D eigenvalue weighted by Crippen LogP contribution is 2.23. The van der Waals surface area contributed by atoms with Gasteiger partial charge < -0.3 is 15.4 Å². The van der Waals surface area contributed by atoms with Crippen LogP contribution in [0.3, 0.4) is 0 Å².